The molecule has 1 atom stereocenters. The third-order valence-electron chi connectivity index (χ3n) is 5.76. The van der Waals surface area contributed by atoms with E-state index in [1.165, 1.54) is 18.9 Å². The van der Waals surface area contributed by atoms with E-state index < -0.39 is 12.0 Å². The summed E-state index contributed by atoms with van der Waals surface area (Å²) in [6.07, 6.45) is 3.20. The molecule has 0 fully saturated rings. The molecule has 1 amide bonds. The van der Waals surface area contributed by atoms with Gasteiger partial charge in [0.15, 0.2) is 5.17 Å². The lowest BCUT2D eigenvalue weighted by molar-refractivity contribution is -0.136. The zero-order chi connectivity index (χ0) is 24.1. The fourth-order valence-corrected chi connectivity index (χ4v) is 5.11. The molecule has 0 bridgehead atoms. The van der Waals surface area contributed by atoms with Gasteiger partial charge in [0, 0.05) is 30.6 Å². The van der Waals surface area contributed by atoms with E-state index >= 15 is 0 Å². The van der Waals surface area contributed by atoms with E-state index in [0.29, 0.717) is 30.7 Å². The molecular formula is C26H28N4O3S. The maximum absolute atomic E-state index is 12.9. The quantitative estimate of drug-likeness (QED) is 0.573. The molecule has 1 aromatic heterocycles. The highest BCUT2D eigenvalue weighted by atomic mass is 32.2. The monoisotopic (exact) mass is 476 g/mol. The molecule has 0 aliphatic carbocycles. The first-order valence-corrected chi connectivity index (χ1v) is 12.2. The van der Waals surface area contributed by atoms with E-state index in [-0.39, 0.29) is 12.3 Å². The second-order valence-electron chi connectivity index (χ2n) is 8.11. The Labute approximate surface area is 204 Å². The Morgan fingerprint density at radius 3 is 2.76 bits per heavy atom. The van der Waals surface area contributed by atoms with Gasteiger partial charge in [-0.1, -0.05) is 54.6 Å². The molecule has 0 spiro atoms. The Balaban J connectivity index is 1.57. The second kappa shape index (κ2) is 10.7. The smallest absolute Gasteiger partial charge is 0.338 e. The number of methoxy groups -OCH3 is 1. The summed E-state index contributed by atoms with van der Waals surface area (Å²) in [4.78, 5) is 36.8. The van der Waals surface area contributed by atoms with Crippen LogP contribution in [0.25, 0.3) is 0 Å². The molecule has 4 rings (SSSR count). The van der Waals surface area contributed by atoms with Crippen LogP contribution in [0.3, 0.4) is 0 Å². The van der Waals surface area contributed by atoms with Crippen molar-refractivity contribution in [3.05, 3.63) is 87.9 Å². The van der Waals surface area contributed by atoms with Gasteiger partial charge in [0.25, 0.3) is 0 Å². The minimum atomic E-state index is -0.405. The summed E-state index contributed by atoms with van der Waals surface area (Å²) in [6.45, 7) is 4.51. The third kappa shape index (κ3) is 5.07. The number of nitrogens with one attached hydrogen (secondary N) is 1. The largest absolute Gasteiger partial charge is 0.466 e. The Morgan fingerprint density at radius 1 is 1.21 bits per heavy atom. The van der Waals surface area contributed by atoms with Crippen LogP contribution in [0.5, 0.6) is 0 Å². The van der Waals surface area contributed by atoms with Crippen molar-refractivity contribution in [2.24, 2.45) is 4.99 Å². The maximum atomic E-state index is 12.9. The van der Waals surface area contributed by atoms with Crippen molar-refractivity contribution in [3.63, 3.8) is 0 Å². The number of carbonyl (C=O) groups excluding carboxylic acids is 2. The molecule has 176 valence electrons. The van der Waals surface area contributed by atoms with Crippen molar-refractivity contribution in [2.75, 3.05) is 13.7 Å². The molecule has 1 N–H and O–H groups in total. The van der Waals surface area contributed by atoms with E-state index in [2.05, 4.69) is 16.4 Å². The summed E-state index contributed by atoms with van der Waals surface area (Å²) in [7, 11) is 1.39. The molecule has 3 heterocycles. The number of fused-ring (bicyclic) bond motifs is 1. The molecule has 34 heavy (non-hydrogen) atoms. The Kier molecular flexibility index (Phi) is 7.47. The lowest BCUT2D eigenvalue weighted by atomic mass is 9.92. The number of amidine groups is 1. The second-order valence-corrected chi connectivity index (χ2v) is 8.95. The van der Waals surface area contributed by atoms with Crippen molar-refractivity contribution in [3.8, 4) is 0 Å². The maximum Gasteiger partial charge on any atom is 0.338 e. The number of allylic oxidation sites excluding steroid dienone is 1. The number of benzene rings is 1. The van der Waals surface area contributed by atoms with Crippen LogP contribution >= 0.6 is 11.8 Å². The molecule has 2 aliphatic rings. The molecule has 2 aromatic rings. The molecule has 0 unspecified atom stereocenters. The van der Waals surface area contributed by atoms with Crippen LogP contribution < -0.4 is 5.32 Å². The van der Waals surface area contributed by atoms with E-state index in [1.54, 1.807) is 6.20 Å². The number of aromatic nitrogens is 1. The van der Waals surface area contributed by atoms with Crippen LogP contribution in [0.1, 0.15) is 42.6 Å². The number of rotatable bonds is 8. The van der Waals surface area contributed by atoms with Crippen molar-refractivity contribution in [2.45, 2.75) is 39.2 Å². The summed E-state index contributed by atoms with van der Waals surface area (Å²) in [5, 5.41) is 5.71. The average molecular weight is 477 g/mol. The normalized spacial score (nSPS) is 17.1. The number of pyridine rings is 1. The van der Waals surface area contributed by atoms with Gasteiger partial charge in [0.1, 0.15) is 0 Å². The number of aliphatic imine (C=N–C) groups is 1. The summed E-state index contributed by atoms with van der Waals surface area (Å²) >= 11 is 1.48. The number of thioether (sulfide) groups is 1. The Bertz CT molecular complexity index is 1170. The molecule has 8 heteroatoms. The standard InChI is InChI=1S/C26H28N4O3S/c1-4-21-23(25(32)33-3)24(18-9-7-8-17(2)14-18)30-20(16-34-26(30)29-21)15-22(31)28-13-11-19-10-5-6-12-27-19/h5-10,12,14,16,24H,4,11,13,15H2,1-3H3,(H,28,31)/t24-/m1/s1. The molecular weight excluding hydrogens is 448 g/mol. The van der Waals surface area contributed by atoms with Gasteiger partial charge in [-0.25, -0.2) is 9.79 Å². The van der Waals surface area contributed by atoms with Gasteiger partial charge < -0.3 is 15.0 Å². The lowest BCUT2D eigenvalue weighted by Gasteiger charge is -2.36. The summed E-state index contributed by atoms with van der Waals surface area (Å²) in [6, 6.07) is 13.4. The Hall–Kier alpha value is -3.39. The summed E-state index contributed by atoms with van der Waals surface area (Å²) in [5.74, 6) is -0.487. The fraction of sp³-hybridized carbons (Fsp3) is 0.308. The van der Waals surface area contributed by atoms with Gasteiger partial charge in [0.05, 0.1) is 30.8 Å². The van der Waals surface area contributed by atoms with E-state index in [1.807, 2.05) is 60.6 Å². The molecule has 2 aliphatic heterocycles. The van der Waals surface area contributed by atoms with Gasteiger partial charge in [0.2, 0.25) is 5.91 Å². The number of aryl methyl sites for hydroxylation is 1. The summed E-state index contributed by atoms with van der Waals surface area (Å²) in [5.41, 5.74) is 5.02. The molecule has 0 saturated heterocycles. The summed E-state index contributed by atoms with van der Waals surface area (Å²) < 4.78 is 5.16. The van der Waals surface area contributed by atoms with Crippen LogP contribution in [0.15, 0.2) is 76.0 Å². The first-order valence-electron chi connectivity index (χ1n) is 11.3. The molecule has 0 saturated carbocycles. The molecule has 7 nitrogen and oxygen atoms in total. The molecule has 1 aromatic carbocycles. The van der Waals surface area contributed by atoms with Crippen molar-refractivity contribution in [1.29, 1.82) is 0 Å². The number of esters is 1. The van der Waals surface area contributed by atoms with Gasteiger partial charge in [-0.3, -0.25) is 9.78 Å². The first kappa shape index (κ1) is 23.8. The SMILES string of the molecule is CCC1=C(C(=O)OC)[C@@H](c2cccc(C)c2)N2C(CC(=O)NCCc3ccccn3)=CSC2=N1. The zero-order valence-corrected chi connectivity index (χ0v) is 20.4. The topological polar surface area (TPSA) is 83.9 Å². The minimum absolute atomic E-state index is 0.0862. The van der Waals surface area contributed by atoms with E-state index in [9.17, 15) is 9.59 Å². The third-order valence-corrected chi connectivity index (χ3v) is 6.65. The first-order chi connectivity index (χ1) is 16.5. The highest BCUT2D eigenvalue weighted by molar-refractivity contribution is 8.16. The zero-order valence-electron chi connectivity index (χ0n) is 19.6. The molecule has 0 radical (unpaired) electrons. The van der Waals surface area contributed by atoms with Crippen molar-refractivity contribution >= 4 is 28.8 Å². The van der Waals surface area contributed by atoms with Crippen molar-refractivity contribution < 1.29 is 14.3 Å². The number of carbonyl (C=O) groups is 2. The van der Waals surface area contributed by atoms with Crippen LogP contribution in [0.2, 0.25) is 0 Å². The predicted octanol–water partition coefficient (Wildman–Crippen LogP) is 4.28. The average Bonchev–Trinajstić information content (AvgIpc) is 3.25. The fourth-order valence-electron chi connectivity index (χ4n) is 4.17. The van der Waals surface area contributed by atoms with Crippen LogP contribution in [-0.2, 0) is 20.7 Å². The van der Waals surface area contributed by atoms with Crippen LogP contribution in [-0.4, -0.2) is 40.6 Å². The highest BCUT2D eigenvalue weighted by Crippen LogP contribution is 2.45. The van der Waals surface area contributed by atoms with Gasteiger partial charge in [-0.15, -0.1) is 0 Å². The van der Waals surface area contributed by atoms with Gasteiger partial charge in [-0.2, -0.15) is 0 Å². The minimum Gasteiger partial charge on any atom is -0.466 e. The number of amides is 1. The number of ether oxygens (including phenoxy) is 1. The van der Waals surface area contributed by atoms with E-state index in [0.717, 1.165) is 27.7 Å². The number of nitrogens with zero attached hydrogens (tertiary/aromatic N) is 3. The van der Waals surface area contributed by atoms with Gasteiger partial charge in [-0.05, 0) is 36.4 Å². The van der Waals surface area contributed by atoms with Crippen LogP contribution in [0.4, 0.5) is 0 Å². The number of hydrogen-bond acceptors (Lipinski definition) is 7. The van der Waals surface area contributed by atoms with Gasteiger partial charge >= 0.3 is 5.97 Å². The van der Waals surface area contributed by atoms with Crippen LogP contribution in [0, 0.1) is 6.92 Å². The Morgan fingerprint density at radius 2 is 2.06 bits per heavy atom. The lowest BCUT2D eigenvalue weighted by Crippen LogP contribution is -2.38. The van der Waals surface area contributed by atoms with E-state index in [4.69, 9.17) is 9.73 Å². The highest BCUT2D eigenvalue weighted by Gasteiger charge is 2.41. The predicted molar refractivity (Wildman–Crippen MR) is 134 cm³/mol. The number of hydrogen-bond donors (Lipinski definition) is 1. The van der Waals surface area contributed by atoms with Crippen molar-refractivity contribution in [1.82, 2.24) is 15.2 Å².